The summed E-state index contributed by atoms with van der Waals surface area (Å²) in [6, 6.07) is 11.1. The zero-order chi connectivity index (χ0) is 21.6. The van der Waals surface area contributed by atoms with Crippen LogP contribution in [0.1, 0.15) is 11.1 Å². The summed E-state index contributed by atoms with van der Waals surface area (Å²) in [5, 5.41) is 2.71. The monoisotopic (exact) mass is 418 g/mol. The number of methoxy groups -OCH3 is 2. The third-order valence-electron chi connectivity index (χ3n) is 3.94. The largest absolute Gasteiger partial charge is 0.466 e. The van der Waals surface area contributed by atoms with Crippen molar-refractivity contribution < 1.29 is 27.5 Å². The van der Waals surface area contributed by atoms with Gasteiger partial charge in [-0.15, -0.1) is 0 Å². The summed E-state index contributed by atoms with van der Waals surface area (Å²) in [6.07, 6.45) is 0.943. The first-order valence-electron chi connectivity index (χ1n) is 8.51. The number of carbonyl (C=O) groups excluding carboxylic acids is 2. The van der Waals surface area contributed by atoms with Gasteiger partial charge in [0.05, 0.1) is 30.9 Å². The average Bonchev–Trinajstić information content (AvgIpc) is 2.69. The van der Waals surface area contributed by atoms with Crippen molar-refractivity contribution in [2.24, 2.45) is 0 Å². The van der Waals surface area contributed by atoms with Crippen LogP contribution in [0.25, 0.3) is 0 Å². The molecule has 0 atom stereocenters. The molecule has 2 aromatic carbocycles. The Kier molecular flexibility index (Phi) is 7.00. The van der Waals surface area contributed by atoms with Crippen molar-refractivity contribution in [1.82, 2.24) is 0 Å². The quantitative estimate of drug-likeness (QED) is 0.525. The van der Waals surface area contributed by atoms with Crippen molar-refractivity contribution in [2.75, 3.05) is 24.3 Å². The molecule has 0 fully saturated rings. The Morgan fingerprint density at radius 1 is 0.966 bits per heavy atom. The molecule has 0 heterocycles. The highest BCUT2D eigenvalue weighted by atomic mass is 32.2. The number of hydrogen-bond acceptors (Lipinski definition) is 7. The van der Waals surface area contributed by atoms with Crippen molar-refractivity contribution in [1.29, 1.82) is 0 Å². The number of ether oxygens (including phenoxy) is 2. The van der Waals surface area contributed by atoms with Gasteiger partial charge in [0.15, 0.2) is 0 Å². The molecule has 0 spiro atoms. The molecule has 0 bridgehead atoms. The van der Waals surface area contributed by atoms with E-state index in [0.29, 0.717) is 11.4 Å². The van der Waals surface area contributed by atoms with Gasteiger partial charge in [-0.05, 0) is 49.7 Å². The molecule has 2 aromatic rings. The van der Waals surface area contributed by atoms with Crippen molar-refractivity contribution >= 4 is 33.3 Å². The number of rotatable bonds is 7. The molecule has 0 aliphatic carbocycles. The third kappa shape index (κ3) is 5.82. The summed E-state index contributed by atoms with van der Waals surface area (Å²) in [5.41, 5.74) is 2.57. The van der Waals surface area contributed by atoms with E-state index in [0.717, 1.165) is 17.2 Å². The molecule has 0 saturated carbocycles. The standard InChI is InChI=1S/C20H22N2O6S/c1-13-5-10-17(14(2)11-13)22-29(25,26)16-8-6-15(7-9-16)21-18(20(24)28-4)12-19(23)27-3/h5-12,21-22H,1-4H3/b18-12+. The molecule has 0 amide bonds. The SMILES string of the molecule is COC(=O)/C=C(/Nc1ccc(S(=O)(=O)Nc2ccc(C)cc2C)cc1)C(=O)OC. The van der Waals surface area contributed by atoms with Crippen LogP contribution in [-0.4, -0.2) is 34.6 Å². The second-order valence-corrected chi connectivity index (χ2v) is 7.83. The van der Waals surface area contributed by atoms with Crippen molar-refractivity contribution in [3.8, 4) is 0 Å². The Morgan fingerprint density at radius 2 is 1.62 bits per heavy atom. The number of carbonyl (C=O) groups is 2. The summed E-state index contributed by atoms with van der Waals surface area (Å²) >= 11 is 0. The number of anilines is 2. The van der Waals surface area contributed by atoms with E-state index in [1.54, 1.807) is 6.07 Å². The van der Waals surface area contributed by atoms with Crippen LogP contribution in [0.4, 0.5) is 11.4 Å². The highest BCUT2D eigenvalue weighted by molar-refractivity contribution is 7.92. The summed E-state index contributed by atoms with van der Waals surface area (Å²) in [4.78, 5) is 23.2. The van der Waals surface area contributed by atoms with Gasteiger partial charge in [0, 0.05) is 5.69 Å². The van der Waals surface area contributed by atoms with Crippen molar-refractivity contribution in [3.63, 3.8) is 0 Å². The smallest absolute Gasteiger partial charge is 0.354 e. The van der Waals surface area contributed by atoms with Gasteiger partial charge >= 0.3 is 11.9 Å². The second kappa shape index (κ2) is 9.24. The summed E-state index contributed by atoms with van der Waals surface area (Å²) in [6.45, 7) is 3.74. The highest BCUT2D eigenvalue weighted by Gasteiger charge is 2.17. The van der Waals surface area contributed by atoms with Gasteiger partial charge in [-0.25, -0.2) is 18.0 Å². The predicted octanol–water partition coefficient (Wildman–Crippen LogP) is 2.75. The van der Waals surface area contributed by atoms with E-state index < -0.39 is 22.0 Å². The minimum atomic E-state index is -3.80. The number of sulfonamides is 1. The van der Waals surface area contributed by atoms with Gasteiger partial charge in [0.1, 0.15) is 5.70 Å². The molecule has 29 heavy (non-hydrogen) atoms. The van der Waals surface area contributed by atoms with Gasteiger partial charge in [-0.3, -0.25) is 4.72 Å². The lowest BCUT2D eigenvalue weighted by molar-refractivity contribution is -0.138. The number of esters is 2. The van der Waals surface area contributed by atoms with Gasteiger partial charge in [-0.1, -0.05) is 17.7 Å². The first-order valence-corrected chi connectivity index (χ1v) is 9.99. The minimum Gasteiger partial charge on any atom is -0.466 e. The maximum absolute atomic E-state index is 12.6. The molecular weight excluding hydrogens is 396 g/mol. The number of benzene rings is 2. The predicted molar refractivity (Wildman–Crippen MR) is 109 cm³/mol. The van der Waals surface area contributed by atoms with Crippen LogP contribution in [0.3, 0.4) is 0 Å². The van der Waals surface area contributed by atoms with E-state index in [1.807, 2.05) is 26.0 Å². The minimum absolute atomic E-state index is 0.0413. The molecule has 0 aromatic heterocycles. The zero-order valence-electron chi connectivity index (χ0n) is 16.5. The van der Waals surface area contributed by atoms with Crippen LogP contribution < -0.4 is 10.0 Å². The van der Waals surface area contributed by atoms with Crippen LogP contribution in [0.5, 0.6) is 0 Å². The molecule has 0 aliphatic rings. The van der Waals surface area contributed by atoms with Gasteiger partial charge in [0.25, 0.3) is 10.0 Å². The van der Waals surface area contributed by atoms with Crippen LogP contribution in [0.15, 0.2) is 59.1 Å². The fraction of sp³-hybridized carbons (Fsp3) is 0.200. The molecule has 8 nitrogen and oxygen atoms in total. The molecular formula is C20H22N2O6S. The maximum Gasteiger partial charge on any atom is 0.354 e. The van der Waals surface area contributed by atoms with E-state index in [9.17, 15) is 18.0 Å². The third-order valence-corrected chi connectivity index (χ3v) is 5.32. The van der Waals surface area contributed by atoms with Gasteiger partial charge < -0.3 is 14.8 Å². The van der Waals surface area contributed by atoms with Crippen LogP contribution in [0.2, 0.25) is 0 Å². The van der Waals surface area contributed by atoms with Gasteiger partial charge in [0.2, 0.25) is 0 Å². The van der Waals surface area contributed by atoms with Crippen molar-refractivity contribution in [2.45, 2.75) is 18.7 Å². The average molecular weight is 418 g/mol. The van der Waals surface area contributed by atoms with Crippen LogP contribution >= 0.6 is 0 Å². The van der Waals surface area contributed by atoms with E-state index in [2.05, 4.69) is 19.5 Å². The van der Waals surface area contributed by atoms with Crippen molar-refractivity contribution in [3.05, 3.63) is 65.4 Å². The highest BCUT2D eigenvalue weighted by Crippen LogP contribution is 2.22. The molecule has 9 heteroatoms. The van der Waals surface area contributed by atoms with Crippen LogP contribution in [-0.2, 0) is 29.1 Å². The summed E-state index contributed by atoms with van der Waals surface area (Å²) in [5.74, 6) is -1.52. The Balaban J connectivity index is 2.22. The maximum atomic E-state index is 12.6. The Hall–Kier alpha value is -3.33. The molecule has 2 N–H and O–H groups in total. The summed E-state index contributed by atoms with van der Waals surface area (Å²) in [7, 11) is -1.45. The molecule has 154 valence electrons. The van der Waals surface area contributed by atoms with E-state index in [1.165, 1.54) is 38.5 Å². The van der Waals surface area contributed by atoms with Crippen LogP contribution in [0, 0.1) is 13.8 Å². The Labute approximate surface area is 169 Å². The lowest BCUT2D eigenvalue weighted by Crippen LogP contribution is -2.16. The first-order chi connectivity index (χ1) is 13.7. The van der Waals surface area contributed by atoms with E-state index in [-0.39, 0.29) is 10.6 Å². The lowest BCUT2D eigenvalue weighted by atomic mass is 10.1. The normalized spacial score (nSPS) is 11.5. The zero-order valence-corrected chi connectivity index (χ0v) is 17.3. The topological polar surface area (TPSA) is 111 Å². The first kappa shape index (κ1) is 22.0. The Bertz CT molecular complexity index is 1040. The molecule has 0 radical (unpaired) electrons. The number of nitrogens with one attached hydrogen (secondary N) is 2. The molecule has 0 saturated heterocycles. The second-order valence-electron chi connectivity index (χ2n) is 6.15. The Morgan fingerprint density at radius 3 is 2.17 bits per heavy atom. The van der Waals surface area contributed by atoms with E-state index >= 15 is 0 Å². The van der Waals surface area contributed by atoms with E-state index in [4.69, 9.17) is 0 Å². The fourth-order valence-corrected chi connectivity index (χ4v) is 3.57. The fourth-order valence-electron chi connectivity index (χ4n) is 2.44. The summed E-state index contributed by atoms with van der Waals surface area (Å²) < 4.78 is 36.9. The molecule has 0 aliphatic heterocycles. The molecule has 0 unspecified atom stereocenters. The number of hydrogen-bond donors (Lipinski definition) is 2. The molecule has 2 rings (SSSR count). The van der Waals surface area contributed by atoms with Gasteiger partial charge in [-0.2, -0.15) is 0 Å². The lowest BCUT2D eigenvalue weighted by Gasteiger charge is -2.12. The number of aryl methyl sites for hydroxylation is 2.